The first-order valence-electron chi connectivity index (χ1n) is 10.3. The fraction of sp³-hybridized carbons (Fsp3) is 0.545. The van der Waals surface area contributed by atoms with Gasteiger partial charge in [0, 0.05) is 17.6 Å². The molecule has 0 aromatic heterocycles. The van der Waals surface area contributed by atoms with E-state index in [2.05, 4.69) is 22.4 Å². The van der Waals surface area contributed by atoms with Crippen LogP contribution in [0.4, 0.5) is 5.69 Å². The molecule has 2 fully saturated rings. The monoisotopic (exact) mass is 420 g/mol. The van der Waals surface area contributed by atoms with Crippen molar-refractivity contribution in [1.29, 1.82) is 0 Å². The number of carbonyl (C=O) groups excluding carboxylic acids is 2. The third-order valence-electron chi connectivity index (χ3n) is 6.48. The Morgan fingerprint density at radius 1 is 1.11 bits per heavy atom. The number of anilines is 1. The van der Waals surface area contributed by atoms with Crippen molar-refractivity contribution in [2.24, 2.45) is 17.8 Å². The first kappa shape index (κ1) is 19.8. The van der Waals surface area contributed by atoms with Gasteiger partial charge >= 0.3 is 0 Å². The van der Waals surface area contributed by atoms with Gasteiger partial charge < -0.3 is 10.2 Å². The maximum atomic E-state index is 13.4. The number of allylic oxidation sites excluding steroid dienone is 2. The zero-order valence-corrected chi connectivity index (χ0v) is 17.4. The first-order chi connectivity index (χ1) is 13.5. The Kier molecular flexibility index (Phi) is 5.98. The standard InChI is InChI=1S/C22H26Cl2N2O2/c23-15-9-10-19(18(24)13-15)25-21(27)17-8-4-5-14-11-12-26(22(28)20(14)17)16-6-2-1-3-7-16/h4-5,9-10,13-14,16-17,20H,1-3,6-8,11-12H2,(H,25,27)/t14-,17-,20+/m1/s1. The third-order valence-corrected chi connectivity index (χ3v) is 7.03. The summed E-state index contributed by atoms with van der Waals surface area (Å²) in [6, 6.07) is 5.36. The fourth-order valence-corrected chi connectivity index (χ4v) is 5.48. The summed E-state index contributed by atoms with van der Waals surface area (Å²) in [6.07, 6.45) is 11.6. The maximum absolute atomic E-state index is 13.4. The molecule has 3 aliphatic rings. The molecule has 6 heteroatoms. The highest BCUT2D eigenvalue weighted by Crippen LogP contribution is 2.40. The lowest BCUT2D eigenvalue weighted by molar-refractivity contribution is -0.149. The minimum absolute atomic E-state index is 0.137. The first-order valence-corrected chi connectivity index (χ1v) is 11.0. The Morgan fingerprint density at radius 2 is 1.89 bits per heavy atom. The van der Waals surface area contributed by atoms with Crippen molar-refractivity contribution in [3.05, 3.63) is 40.4 Å². The summed E-state index contributed by atoms with van der Waals surface area (Å²) in [4.78, 5) is 28.6. The molecule has 4 rings (SSSR count). The average Bonchev–Trinajstić information content (AvgIpc) is 2.70. The summed E-state index contributed by atoms with van der Waals surface area (Å²) in [7, 11) is 0. The van der Waals surface area contributed by atoms with Crippen LogP contribution in [0.3, 0.4) is 0 Å². The van der Waals surface area contributed by atoms with Crippen LogP contribution in [0.2, 0.25) is 10.0 Å². The number of rotatable bonds is 3. The van der Waals surface area contributed by atoms with Crippen molar-refractivity contribution in [1.82, 2.24) is 4.90 Å². The van der Waals surface area contributed by atoms with E-state index >= 15 is 0 Å². The van der Waals surface area contributed by atoms with Crippen LogP contribution in [-0.2, 0) is 9.59 Å². The van der Waals surface area contributed by atoms with Gasteiger partial charge in [0.25, 0.3) is 0 Å². The van der Waals surface area contributed by atoms with E-state index in [0.717, 1.165) is 25.8 Å². The summed E-state index contributed by atoms with van der Waals surface area (Å²) in [5.74, 6) is -0.456. The summed E-state index contributed by atoms with van der Waals surface area (Å²) in [5.41, 5.74) is 0.537. The number of benzene rings is 1. The van der Waals surface area contributed by atoms with Crippen molar-refractivity contribution < 1.29 is 9.59 Å². The van der Waals surface area contributed by atoms with Crippen molar-refractivity contribution in [2.75, 3.05) is 11.9 Å². The van der Waals surface area contributed by atoms with Gasteiger partial charge in [-0.2, -0.15) is 0 Å². The second-order valence-electron chi connectivity index (χ2n) is 8.19. The predicted molar refractivity (Wildman–Crippen MR) is 113 cm³/mol. The number of nitrogens with one attached hydrogen (secondary N) is 1. The van der Waals surface area contributed by atoms with Gasteiger partial charge in [0.1, 0.15) is 0 Å². The quantitative estimate of drug-likeness (QED) is 0.673. The largest absolute Gasteiger partial charge is 0.339 e. The molecule has 0 bridgehead atoms. The van der Waals surface area contributed by atoms with Crippen molar-refractivity contribution in [2.45, 2.75) is 51.0 Å². The molecule has 0 radical (unpaired) electrons. The van der Waals surface area contributed by atoms with Crippen LogP contribution < -0.4 is 5.32 Å². The van der Waals surface area contributed by atoms with E-state index in [4.69, 9.17) is 23.2 Å². The average molecular weight is 421 g/mol. The number of hydrogen-bond donors (Lipinski definition) is 1. The van der Waals surface area contributed by atoms with Gasteiger partial charge in [-0.05, 0) is 49.8 Å². The summed E-state index contributed by atoms with van der Waals surface area (Å²) < 4.78 is 0. The van der Waals surface area contributed by atoms with Crippen LogP contribution >= 0.6 is 23.2 Å². The fourth-order valence-electron chi connectivity index (χ4n) is 5.03. The molecule has 2 aliphatic carbocycles. The molecule has 1 heterocycles. The molecule has 2 amide bonds. The summed E-state index contributed by atoms with van der Waals surface area (Å²) in [6.45, 7) is 0.812. The Morgan fingerprint density at radius 3 is 2.64 bits per heavy atom. The zero-order valence-electron chi connectivity index (χ0n) is 15.9. The van der Waals surface area contributed by atoms with Crippen LogP contribution in [-0.4, -0.2) is 29.3 Å². The Bertz CT molecular complexity index is 789. The van der Waals surface area contributed by atoms with E-state index in [-0.39, 0.29) is 29.6 Å². The Hall–Kier alpha value is -1.52. The van der Waals surface area contributed by atoms with E-state index in [1.54, 1.807) is 18.2 Å². The zero-order chi connectivity index (χ0) is 19.7. The van der Waals surface area contributed by atoms with Crippen LogP contribution in [0.25, 0.3) is 0 Å². The molecule has 1 N–H and O–H groups in total. The molecule has 1 aromatic carbocycles. The highest BCUT2D eigenvalue weighted by Gasteiger charge is 2.46. The van der Waals surface area contributed by atoms with Gasteiger partial charge in [0.2, 0.25) is 11.8 Å². The number of halogens is 2. The van der Waals surface area contributed by atoms with Crippen LogP contribution in [0.5, 0.6) is 0 Å². The Labute approximate surface area is 176 Å². The molecule has 1 aromatic rings. The molecule has 1 saturated carbocycles. The number of hydrogen-bond acceptors (Lipinski definition) is 2. The van der Waals surface area contributed by atoms with Gasteiger partial charge in [-0.25, -0.2) is 0 Å². The molecule has 1 aliphatic heterocycles. The van der Waals surface area contributed by atoms with Gasteiger partial charge in [-0.3, -0.25) is 9.59 Å². The SMILES string of the molecule is O=C(Nc1ccc(Cl)cc1Cl)[C@@H]1CC=C[C@@H]2CCN(C3CCCCC3)C(=O)[C@@H]21. The highest BCUT2D eigenvalue weighted by molar-refractivity contribution is 6.36. The minimum Gasteiger partial charge on any atom is -0.339 e. The number of piperidine rings is 1. The molecule has 1 saturated heterocycles. The molecule has 3 atom stereocenters. The minimum atomic E-state index is -0.361. The Balaban J connectivity index is 1.52. The summed E-state index contributed by atoms with van der Waals surface area (Å²) in [5, 5.41) is 3.85. The van der Waals surface area contributed by atoms with E-state index in [9.17, 15) is 9.59 Å². The lowest BCUT2D eigenvalue weighted by Gasteiger charge is -2.45. The number of amides is 2. The number of carbonyl (C=O) groups is 2. The normalized spacial score (nSPS) is 28.1. The number of likely N-dealkylation sites (tertiary alicyclic amines) is 1. The molecule has 28 heavy (non-hydrogen) atoms. The lowest BCUT2D eigenvalue weighted by Crippen LogP contribution is -2.54. The second kappa shape index (κ2) is 8.46. The number of nitrogens with zero attached hydrogens (tertiary/aromatic N) is 1. The van der Waals surface area contributed by atoms with Crippen molar-refractivity contribution >= 4 is 40.7 Å². The molecule has 0 spiro atoms. The lowest BCUT2D eigenvalue weighted by atomic mass is 9.70. The van der Waals surface area contributed by atoms with Crippen LogP contribution in [0.15, 0.2) is 30.4 Å². The van der Waals surface area contributed by atoms with E-state index < -0.39 is 0 Å². The molecule has 0 unspecified atom stereocenters. The maximum Gasteiger partial charge on any atom is 0.228 e. The summed E-state index contributed by atoms with van der Waals surface area (Å²) >= 11 is 12.2. The highest BCUT2D eigenvalue weighted by atomic mass is 35.5. The van der Waals surface area contributed by atoms with E-state index in [1.807, 2.05) is 0 Å². The van der Waals surface area contributed by atoms with Gasteiger partial charge in [-0.1, -0.05) is 54.6 Å². The third kappa shape index (κ3) is 3.95. The molecule has 150 valence electrons. The van der Waals surface area contributed by atoms with Gasteiger partial charge in [0.15, 0.2) is 0 Å². The molecular weight excluding hydrogens is 395 g/mol. The second-order valence-corrected chi connectivity index (χ2v) is 9.03. The molecule has 4 nitrogen and oxygen atoms in total. The predicted octanol–water partition coefficient (Wildman–Crippen LogP) is 5.31. The topological polar surface area (TPSA) is 49.4 Å². The van der Waals surface area contributed by atoms with Crippen LogP contribution in [0, 0.1) is 17.8 Å². The smallest absolute Gasteiger partial charge is 0.228 e. The van der Waals surface area contributed by atoms with E-state index in [1.165, 1.54) is 19.3 Å². The van der Waals surface area contributed by atoms with E-state index in [0.29, 0.717) is 28.2 Å². The van der Waals surface area contributed by atoms with Gasteiger partial charge in [0.05, 0.1) is 22.5 Å². The number of fused-ring (bicyclic) bond motifs is 1. The van der Waals surface area contributed by atoms with Crippen molar-refractivity contribution in [3.8, 4) is 0 Å². The molecular formula is C22H26Cl2N2O2. The van der Waals surface area contributed by atoms with Crippen molar-refractivity contribution in [3.63, 3.8) is 0 Å². The van der Waals surface area contributed by atoms with Crippen LogP contribution in [0.1, 0.15) is 44.9 Å². The van der Waals surface area contributed by atoms with Gasteiger partial charge in [-0.15, -0.1) is 0 Å².